The highest BCUT2D eigenvalue weighted by Crippen LogP contribution is 2.26. The van der Waals surface area contributed by atoms with Crippen LogP contribution in [-0.2, 0) is 6.54 Å². The third-order valence-corrected chi connectivity index (χ3v) is 4.09. The minimum atomic E-state index is 0.421. The van der Waals surface area contributed by atoms with Crippen LogP contribution in [0.4, 0.5) is 5.69 Å². The van der Waals surface area contributed by atoms with E-state index in [1.54, 1.807) is 6.20 Å². The zero-order valence-corrected chi connectivity index (χ0v) is 12.4. The maximum absolute atomic E-state index is 5.71. The number of anilines is 1. The molecule has 1 fully saturated rings. The Morgan fingerprint density at radius 3 is 2.67 bits per heavy atom. The summed E-state index contributed by atoms with van der Waals surface area (Å²) < 4.78 is 0. The van der Waals surface area contributed by atoms with E-state index in [9.17, 15) is 0 Å². The number of nitrogen functional groups attached to an aromatic ring is 1. The molecule has 2 aromatic rings. The van der Waals surface area contributed by atoms with Crippen molar-refractivity contribution in [3.05, 3.63) is 59.9 Å². The maximum Gasteiger partial charge on any atom is 0.0545 e. The molecular weight excluding hydrogens is 260 g/mol. The van der Waals surface area contributed by atoms with Crippen molar-refractivity contribution < 1.29 is 0 Å². The molecule has 0 amide bonds. The van der Waals surface area contributed by atoms with Gasteiger partial charge in [-0.15, -0.1) is 0 Å². The lowest BCUT2D eigenvalue weighted by Gasteiger charge is -2.40. The topological polar surface area (TPSA) is 45.4 Å². The van der Waals surface area contributed by atoms with Gasteiger partial charge < -0.3 is 10.6 Å². The Balaban J connectivity index is 1.79. The molecule has 1 aliphatic heterocycles. The Morgan fingerprint density at radius 2 is 1.95 bits per heavy atom. The van der Waals surface area contributed by atoms with Gasteiger partial charge in [-0.2, -0.15) is 0 Å². The fourth-order valence-electron chi connectivity index (χ4n) is 2.88. The van der Waals surface area contributed by atoms with Crippen LogP contribution in [0.5, 0.6) is 0 Å². The predicted molar refractivity (Wildman–Crippen MR) is 85.7 cm³/mol. The Kier molecular flexibility index (Phi) is 4.18. The van der Waals surface area contributed by atoms with Gasteiger partial charge in [-0.3, -0.25) is 9.88 Å². The van der Waals surface area contributed by atoms with Crippen LogP contribution in [0.3, 0.4) is 0 Å². The van der Waals surface area contributed by atoms with Crippen LogP contribution >= 0.6 is 0 Å². The average Bonchev–Trinajstić information content (AvgIpc) is 2.52. The molecule has 0 radical (unpaired) electrons. The standard InChI is InChI=1S/C17H22N4/c1-20-9-10-21(12-16-8-7-15(18)11-19-16)17(13-20)14-5-3-2-4-6-14/h2-8,11,17H,9-10,12-13,18H2,1H3. The minimum Gasteiger partial charge on any atom is -0.397 e. The van der Waals surface area contributed by atoms with Crippen molar-refractivity contribution in [1.29, 1.82) is 0 Å². The molecule has 1 aliphatic rings. The molecule has 21 heavy (non-hydrogen) atoms. The molecule has 0 saturated carbocycles. The van der Waals surface area contributed by atoms with E-state index in [-0.39, 0.29) is 0 Å². The molecule has 3 rings (SSSR count). The number of nitrogens with two attached hydrogens (primary N) is 1. The first-order valence-corrected chi connectivity index (χ1v) is 7.40. The van der Waals surface area contributed by atoms with E-state index in [1.165, 1.54) is 5.56 Å². The Labute approximate surface area is 126 Å². The Bertz CT molecular complexity index is 567. The molecule has 1 aromatic carbocycles. The Morgan fingerprint density at radius 1 is 1.14 bits per heavy atom. The lowest BCUT2D eigenvalue weighted by molar-refractivity contribution is 0.0823. The molecule has 0 spiro atoms. The normalized spacial score (nSPS) is 20.5. The summed E-state index contributed by atoms with van der Waals surface area (Å²) >= 11 is 0. The second-order valence-corrected chi connectivity index (χ2v) is 5.74. The van der Waals surface area contributed by atoms with Gasteiger partial charge in [-0.1, -0.05) is 30.3 Å². The average molecular weight is 282 g/mol. The summed E-state index contributed by atoms with van der Waals surface area (Å²) in [5, 5.41) is 0. The van der Waals surface area contributed by atoms with E-state index < -0.39 is 0 Å². The number of hydrogen-bond acceptors (Lipinski definition) is 4. The zero-order valence-electron chi connectivity index (χ0n) is 12.4. The molecule has 0 aliphatic carbocycles. The highest BCUT2D eigenvalue weighted by molar-refractivity contribution is 5.34. The van der Waals surface area contributed by atoms with Crippen molar-refractivity contribution in [3.63, 3.8) is 0 Å². The van der Waals surface area contributed by atoms with Crippen LogP contribution in [-0.4, -0.2) is 41.5 Å². The molecule has 1 saturated heterocycles. The fraction of sp³-hybridized carbons (Fsp3) is 0.353. The van der Waals surface area contributed by atoms with E-state index in [0.717, 1.165) is 37.6 Å². The summed E-state index contributed by atoms with van der Waals surface area (Å²) in [6.45, 7) is 4.08. The van der Waals surface area contributed by atoms with Crippen molar-refractivity contribution >= 4 is 5.69 Å². The molecule has 0 bridgehead atoms. The number of piperazine rings is 1. The second-order valence-electron chi connectivity index (χ2n) is 5.74. The molecule has 1 atom stereocenters. The maximum atomic E-state index is 5.71. The SMILES string of the molecule is CN1CCN(Cc2ccc(N)cn2)C(c2ccccc2)C1. The van der Waals surface area contributed by atoms with E-state index in [1.807, 2.05) is 12.1 Å². The van der Waals surface area contributed by atoms with Gasteiger partial charge in [-0.05, 0) is 24.7 Å². The molecule has 2 N–H and O–H groups in total. The van der Waals surface area contributed by atoms with Gasteiger partial charge in [0.05, 0.1) is 17.6 Å². The minimum absolute atomic E-state index is 0.421. The zero-order chi connectivity index (χ0) is 14.7. The smallest absolute Gasteiger partial charge is 0.0545 e. The van der Waals surface area contributed by atoms with Gasteiger partial charge in [0.2, 0.25) is 0 Å². The summed E-state index contributed by atoms with van der Waals surface area (Å²) in [4.78, 5) is 9.34. The van der Waals surface area contributed by atoms with E-state index in [4.69, 9.17) is 5.73 Å². The van der Waals surface area contributed by atoms with Gasteiger partial charge in [-0.25, -0.2) is 0 Å². The van der Waals surface area contributed by atoms with Gasteiger partial charge in [0.15, 0.2) is 0 Å². The number of nitrogens with zero attached hydrogens (tertiary/aromatic N) is 3. The van der Waals surface area contributed by atoms with Crippen LogP contribution in [0.25, 0.3) is 0 Å². The van der Waals surface area contributed by atoms with Crippen molar-refractivity contribution in [2.75, 3.05) is 32.4 Å². The Hall–Kier alpha value is -1.91. The summed E-state index contributed by atoms with van der Waals surface area (Å²) in [5.74, 6) is 0. The van der Waals surface area contributed by atoms with Crippen LogP contribution in [0.15, 0.2) is 48.7 Å². The fourth-order valence-corrected chi connectivity index (χ4v) is 2.88. The van der Waals surface area contributed by atoms with Gasteiger partial charge >= 0.3 is 0 Å². The third kappa shape index (κ3) is 3.40. The first-order valence-electron chi connectivity index (χ1n) is 7.40. The molecule has 4 heteroatoms. The van der Waals surface area contributed by atoms with Crippen molar-refractivity contribution in [3.8, 4) is 0 Å². The summed E-state index contributed by atoms with van der Waals surface area (Å²) in [6, 6.07) is 15.1. The molecule has 1 aromatic heterocycles. The quantitative estimate of drug-likeness (QED) is 0.937. The number of hydrogen-bond donors (Lipinski definition) is 1. The number of rotatable bonds is 3. The first kappa shape index (κ1) is 14.0. The molecule has 110 valence electrons. The molecule has 2 heterocycles. The summed E-state index contributed by atoms with van der Waals surface area (Å²) in [6.07, 6.45) is 1.74. The summed E-state index contributed by atoms with van der Waals surface area (Å²) in [7, 11) is 2.19. The summed E-state index contributed by atoms with van der Waals surface area (Å²) in [5.41, 5.74) is 8.89. The van der Waals surface area contributed by atoms with Crippen LogP contribution in [0, 0.1) is 0 Å². The third-order valence-electron chi connectivity index (χ3n) is 4.09. The van der Waals surface area contributed by atoms with Gasteiger partial charge in [0.25, 0.3) is 0 Å². The van der Waals surface area contributed by atoms with Crippen molar-refractivity contribution in [2.45, 2.75) is 12.6 Å². The molecule has 4 nitrogen and oxygen atoms in total. The number of likely N-dealkylation sites (N-methyl/N-ethyl adjacent to an activating group) is 1. The number of aromatic nitrogens is 1. The highest BCUT2D eigenvalue weighted by atomic mass is 15.3. The monoisotopic (exact) mass is 282 g/mol. The van der Waals surface area contributed by atoms with E-state index >= 15 is 0 Å². The number of benzene rings is 1. The molecule has 1 unspecified atom stereocenters. The van der Waals surface area contributed by atoms with Crippen molar-refractivity contribution in [1.82, 2.24) is 14.8 Å². The van der Waals surface area contributed by atoms with Gasteiger partial charge in [0.1, 0.15) is 0 Å². The van der Waals surface area contributed by atoms with Crippen LogP contribution < -0.4 is 5.73 Å². The largest absolute Gasteiger partial charge is 0.397 e. The lowest BCUT2D eigenvalue weighted by atomic mass is 10.0. The van der Waals surface area contributed by atoms with Crippen LogP contribution in [0.2, 0.25) is 0 Å². The second kappa shape index (κ2) is 6.24. The van der Waals surface area contributed by atoms with Crippen molar-refractivity contribution in [2.24, 2.45) is 0 Å². The number of pyridine rings is 1. The van der Waals surface area contributed by atoms with E-state index in [2.05, 4.69) is 52.2 Å². The highest BCUT2D eigenvalue weighted by Gasteiger charge is 2.26. The van der Waals surface area contributed by atoms with Crippen LogP contribution in [0.1, 0.15) is 17.3 Å². The lowest BCUT2D eigenvalue weighted by Crippen LogP contribution is -2.46. The van der Waals surface area contributed by atoms with E-state index in [0.29, 0.717) is 6.04 Å². The molecular formula is C17H22N4. The predicted octanol–water partition coefficient (Wildman–Crippen LogP) is 2.15. The van der Waals surface area contributed by atoms with Gasteiger partial charge in [0, 0.05) is 32.2 Å². The first-order chi connectivity index (χ1) is 10.2.